The van der Waals surface area contributed by atoms with Gasteiger partial charge in [0.2, 0.25) is 5.91 Å². The molecule has 0 bridgehead atoms. The minimum Gasteiger partial charge on any atom is -0.370 e. The zero-order chi connectivity index (χ0) is 6.57. The Kier molecular flexibility index (Phi) is 2.12. The lowest BCUT2D eigenvalue weighted by atomic mass is 10.3. The SMILES string of the molecule is [2H]C(CC=C)C(N)=O. The van der Waals surface area contributed by atoms with E-state index in [1.807, 2.05) is 0 Å². The summed E-state index contributed by atoms with van der Waals surface area (Å²) in [6.07, 6.45) is 1.03. The second kappa shape index (κ2) is 3.40. The summed E-state index contributed by atoms with van der Waals surface area (Å²) < 4.78 is 6.88. The molecular formula is C5H9NO. The van der Waals surface area contributed by atoms with Crippen LogP contribution in [0.2, 0.25) is 0 Å². The van der Waals surface area contributed by atoms with E-state index in [0.717, 1.165) is 0 Å². The molecular weight excluding hydrogens is 90.1 g/mol. The molecule has 0 aliphatic carbocycles. The van der Waals surface area contributed by atoms with Crippen LogP contribution in [-0.2, 0) is 4.79 Å². The van der Waals surface area contributed by atoms with E-state index in [0.29, 0.717) is 6.42 Å². The van der Waals surface area contributed by atoms with E-state index in [-0.39, 0.29) is 0 Å². The normalized spacial score (nSPS) is 14.6. The maximum atomic E-state index is 10.1. The maximum Gasteiger partial charge on any atom is 0.217 e. The first-order valence-corrected chi connectivity index (χ1v) is 2.01. The van der Waals surface area contributed by atoms with Crippen LogP contribution in [0, 0.1) is 0 Å². The van der Waals surface area contributed by atoms with E-state index in [1.54, 1.807) is 0 Å². The summed E-state index contributed by atoms with van der Waals surface area (Å²) >= 11 is 0. The van der Waals surface area contributed by atoms with Crippen LogP contribution < -0.4 is 5.73 Å². The van der Waals surface area contributed by atoms with Crippen molar-refractivity contribution < 1.29 is 6.17 Å². The summed E-state index contributed by atoms with van der Waals surface area (Å²) in [5, 5.41) is 0. The zero-order valence-corrected chi connectivity index (χ0v) is 4.05. The third kappa shape index (κ3) is 5.21. The van der Waals surface area contributed by atoms with Gasteiger partial charge >= 0.3 is 0 Å². The number of carbonyl (C=O) groups is 1. The fraction of sp³-hybridized carbons (Fsp3) is 0.400. The first kappa shape index (κ1) is 4.37. The minimum absolute atomic E-state index is 0.343. The van der Waals surface area contributed by atoms with Crippen molar-refractivity contribution in [2.75, 3.05) is 0 Å². The van der Waals surface area contributed by atoms with Crippen LogP contribution >= 0.6 is 0 Å². The topological polar surface area (TPSA) is 43.1 Å². The van der Waals surface area contributed by atoms with Crippen LogP contribution in [-0.4, -0.2) is 5.91 Å². The quantitative estimate of drug-likeness (QED) is 0.514. The predicted octanol–water partition coefficient (Wildman–Crippen LogP) is 0.438. The minimum atomic E-state index is -0.813. The van der Waals surface area contributed by atoms with Gasteiger partial charge < -0.3 is 5.73 Å². The maximum absolute atomic E-state index is 10.1. The molecule has 2 heteroatoms. The highest BCUT2D eigenvalue weighted by Crippen LogP contribution is 1.84. The van der Waals surface area contributed by atoms with Crippen LogP contribution in [0.3, 0.4) is 0 Å². The summed E-state index contributed by atoms with van der Waals surface area (Å²) in [7, 11) is 0. The van der Waals surface area contributed by atoms with Crippen LogP contribution in [0.4, 0.5) is 0 Å². The summed E-state index contributed by atoms with van der Waals surface area (Å²) in [6.45, 7) is 3.36. The molecule has 2 N–H and O–H groups in total. The van der Waals surface area contributed by atoms with Crippen LogP contribution in [0.5, 0.6) is 0 Å². The number of nitrogens with two attached hydrogens (primary N) is 1. The lowest BCUT2D eigenvalue weighted by Crippen LogP contribution is -2.08. The van der Waals surface area contributed by atoms with Crippen molar-refractivity contribution in [3.8, 4) is 0 Å². The fourth-order valence-corrected chi connectivity index (χ4v) is 0.199. The van der Waals surface area contributed by atoms with E-state index in [4.69, 9.17) is 7.10 Å². The molecule has 0 fully saturated rings. The molecule has 1 amide bonds. The van der Waals surface area contributed by atoms with E-state index in [2.05, 4.69) is 6.58 Å². The van der Waals surface area contributed by atoms with Crippen molar-refractivity contribution in [2.45, 2.75) is 12.8 Å². The molecule has 0 aliphatic heterocycles. The molecule has 0 saturated heterocycles. The van der Waals surface area contributed by atoms with Crippen molar-refractivity contribution in [3.05, 3.63) is 12.7 Å². The standard InChI is InChI=1S/C5H9NO/c1-2-3-4-5(6)7/h2H,1,3-4H2,(H2,6,7)/i4D. The molecule has 1 atom stereocenters. The Bertz CT molecular complexity index is 103. The van der Waals surface area contributed by atoms with E-state index >= 15 is 0 Å². The third-order valence-electron chi connectivity index (χ3n) is 0.486. The number of amides is 1. The Morgan fingerprint density at radius 1 is 2.14 bits per heavy atom. The first-order chi connectivity index (χ1) is 3.68. The van der Waals surface area contributed by atoms with E-state index in [1.165, 1.54) is 6.08 Å². The first-order valence-electron chi connectivity index (χ1n) is 2.58. The highest BCUT2D eigenvalue weighted by Gasteiger charge is 1.86. The Balaban J connectivity index is 3.46. The lowest BCUT2D eigenvalue weighted by molar-refractivity contribution is -0.117. The molecule has 0 radical (unpaired) electrons. The molecule has 0 aromatic rings. The molecule has 0 rings (SSSR count). The average Bonchev–Trinajstić information content (AvgIpc) is 1.67. The van der Waals surface area contributed by atoms with Crippen molar-refractivity contribution >= 4 is 5.91 Å². The van der Waals surface area contributed by atoms with Gasteiger partial charge in [-0.05, 0) is 6.42 Å². The second-order valence-electron chi connectivity index (χ2n) is 1.13. The highest BCUT2D eigenvalue weighted by molar-refractivity contribution is 5.73. The highest BCUT2D eigenvalue weighted by atomic mass is 16.1. The Morgan fingerprint density at radius 3 is 2.86 bits per heavy atom. The summed E-state index contributed by atoms with van der Waals surface area (Å²) in [4.78, 5) is 10.1. The van der Waals surface area contributed by atoms with Gasteiger partial charge in [-0.3, -0.25) is 4.79 Å². The molecule has 2 nitrogen and oxygen atoms in total. The number of rotatable bonds is 3. The van der Waals surface area contributed by atoms with Gasteiger partial charge in [0.1, 0.15) is 0 Å². The van der Waals surface area contributed by atoms with Gasteiger partial charge in [-0.2, -0.15) is 0 Å². The molecule has 40 valence electrons. The van der Waals surface area contributed by atoms with Gasteiger partial charge in [0.15, 0.2) is 0 Å². The smallest absolute Gasteiger partial charge is 0.217 e. The number of allylic oxidation sites excluding steroid dienone is 1. The molecule has 0 aliphatic rings. The molecule has 7 heavy (non-hydrogen) atoms. The van der Waals surface area contributed by atoms with Crippen LogP contribution in [0.1, 0.15) is 14.2 Å². The molecule has 0 aromatic heterocycles. The van der Waals surface area contributed by atoms with Crippen LogP contribution in [0.25, 0.3) is 0 Å². The number of hydrogen-bond acceptors (Lipinski definition) is 1. The van der Waals surface area contributed by atoms with Gasteiger partial charge in [0.05, 0.1) is 0 Å². The van der Waals surface area contributed by atoms with Crippen molar-refractivity contribution in [1.82, 2.24) is 0 Å². The predicted molar refractivity (Wildman–Crippen MR) is 28.6 cm³/mol. The number of carbonyl (C=O) groups excluding carboxylic acids is 1. The lowest BCUT2D eigenvalue weighted by Gasteiger charge is -1.83. The van der Waals surface area contributed by atoms with Gasteiger partial charge in [-0.15, -0.1) is 6.58 Å². The van der Waals surface area contributed by atoms with E-state index < -0.39 is 12.3 Å². The Morgan fingerprint density at radius 2 is 2.71 bits per heavy atom. The Labute approximate surface area is 44.4 Å². The molecule has 0 aromatic carbocycles. The summed E-state index contributed by atoms with van der Waals surface area (Å²) in [6, 6.07) is 0. The number of hydrogen-bond donors (Lipinski definition) is 1. The van der Waals surface area contributed by atoms with Crippen molar-refractivity contribution in [3.63, 3.8) is 0 Å². The largest absolute Gasteiger partial charge is 0.370 e. The zero-order valence-electron chi connectivity index (χ0n) is 5.05. The monoisotopic (exact) mass is 100 g/mol. The van der Waals surface area contributed by atoms with Gasteiger partial charge in [0, 0.05) is 7.77 Å². The number of primary amides is 1. The summed E-state index contributed by atoms with van der Waals surface area (Å²) in [5.74, 6) is -0.593. The van der Waals surface area contributed by atoms with Gasteiger partial charge in [-0.1, -0.05) is 6.08 Å². The van der Waals surface area contributed by atoms with Crippen molar-refractivity contribution in [1.29, 1.82) is 0 Å². The van der Waals surface area contributed by atoms with Gasteiger partial charge in [-0.25, -0.2) is 0 Å². The van der Waals surface area contributed by atoms with Crippen LogP contribution in [0.15, 0.2) is 12.7 Å². The average molecular weight is 100 g/mol. The molecule has 0 saturated carbocycles. The van der Waals surface area contributed by atoms with E-state index in [9.17, 15) is 4.79 Å². The molecule has 0 spiro atoms. The molecule has 1 unspecified atom stereocenters. The fourth-order valence-electron chi connectivity index (χ4n) is 0.199. The summed E-state index contributed by atoms with van der Waals surface area (Å²) in [5.41, 5.74) is 4.75. The molecule has 0 heterocycles. The third-order valence-corrected chi connectivity index (χ3v) is 0.486. The Hall–Kier alpha value is -0.790. The second-order valence-corrected chi connectivity index (χ2v) is 1.13. The van der Waals surface area contributed by atoms with Gasteiger partial charge in [0.25, 0.3) is 0 Å². The van der Waals surface area contributed by atoms with Crippen molar-refractivity contribution in [2.24, 2.45) is 5.73 Å².